The molecule has 2 aromatic heterocycles. The predicted molar refractivity (Wildman–Crippen MR) is 72.6 cm³/mol. The summed E-state index contributed by atoms with van der Waals surface area (Å²) in [7, 11) is 0. The number of nitrogens with zero attached hydrogens (tertiary/aromatic N) is 1. The summed E-state index contributed by atoms with van der Waals surface area (Å²) in [6.45, 7) is 1.96. The first-order valence-corrected chi connectivity index (χ1v) is 6.20. The van der Waals surface area contributed by atoms with Gasteiger partial charge >= 0.3 is 0 Å². The lowest BCUT2D eigenvalue weighted by atomic mass is 10.1. The molecule has 3 N–H and O–H groups in total. The van der Waals surface area contributed by atoms with Crippen molar-refractivity contribution < 1.29 is 9.21 Å². The van der Waals surface area contributed by atoms with Crippen LogP contribution in [0.4, 0.5) is 5.69 Å². The van der Waals surface area contributed by atoms with Gasteiger partial charge < -0.3 is 15.5 Å². The lowest BCUT2D eigenvalue weighted by molar-refractivity contribution is 0.0933. The van der Waals surface area contributed by atoms with Crippen LogP contribution in [0.5, 0.6) is 0 Å². The molecule has 0 aliphatic heterocycles. The van der Waals surface area contributed by atoms with Gasteiger partial charge in [0.15, 0.2) is 0 Å². The highest BCUT2D eigenvalue weighted by atomic mass is 16.3. The van der Waals surface area contributed by atoms with Crippen LogP contribution in [0.25, 0.3) is 0 Å². The molecule has 2 rings (SSSR count). The summed E-state index contributed by atoms with van der Waals surface area (Å²) in [4.78, 5) is 15.9. The normalized spacial score (nSPS) is 12.1. The zero-order valence-electron chi connectivity index (χ0n) is 10.8. The second kappa shape index (κ2) is 6.04. The fourth-order valence-electron chi connectivity index (χ4n) is 1.72. The van der Waals surface area contributed by atoms with Gasteiger partial charge in [-0.1, -0.05) is 0 Å². The second-order valence-electron chi connectivity index (χ2n) is 4.47. The van der Waals surface area contributed by atoms with E-state index in [1.54, 1.807) is 18.4 Å². The number of nitrogens with one attached hydrogen (secondary N) is 1. The van der Waals surface area contributed by atoms with Crippen molar-refractivity contribution in [3.8, 4) is 0 Å². The van der Waals surface area contributed by atoms with Crippen LogP contribution >= 0.6 is 0 Å². The molecule has 100 valence electrons. The van der Waals surface area contributed by atoms with Crippen LogP contribution in [0.1, 0.15) is 29.6 Å². The number of nitrogen functional groups attached to an aromatic ring is 1. The van der Waals surface area contributed by atoms with Gasteiger partial charge in [0, 0.05) is 12.5 Å². The predicted octanol–water partition coefficient (Wildman–Crippen LogP) is 2.01. The molecule has 5 nitrogen and oxygen atoms in total. The Labute approximate surface area is 111 Å². The number of nitrogens with two attached hydrogens (primary N) is 1. The molecule has 0 saturated carbocycles. The highest BCUT2D eigenvalue weighted by Gasteiger charge is 2.11. The van der Waals surface area contributed by atoms with Crippen molar-refractivity contribution in [2.24, 2.45) is 0 Å². The van der Waals surface area contributed by atoms with Crippen LogP contribution in [0.3, 0.4) is 0 Å². The van der Waals surface area contributed by atoms with Gasteiger partial charge in [-0.15, -0.1) is 0 Å². The van der Waals surface area contributed by atoms with E-state index >= 15 is 0 Å². The summed E-state index contributed by atoms with van der Waals surface area (Å²) < 4.78 is 5.25. The number of hydrogen-bond acceptors (Lipinski definition) is 4. The molecular weight excluding hydrogens is 242 g/mol. The van der Waals surface area contributed by atoms with Gasteiger partial charge in [0.2, 0.25) is 0 Å². The highest BCUT2D eigenvalue weighted by molar-refractivity contribution is 5.92. The Morgan fingerprint density at radius 2 is 2.32 bits per heavy atom. The number of pyridine rings is 1. The van der Waals surface area contributed by atoms with Gasteiger partial charge in [0.05, 0.1) is 18.1 Å². The molecule has 0 spiro atoms. The zero-order chi connectivity index (χ0) is 13.7. The average molecular weight is 259 g/mol. The molecule has 0 aliphatic carbocycles. The Morgan fingerprint density at radius 1 is 1.47 bits per heavy atom. The van der Waals surface area contributed by atoms with E-state index in [4.69, 9.17) is 10.2 Å². The van der Waals surface area contributed by atoms with Crippen LogP contribution in [0.15, 0.2) is 41.1 Å². The molecule has 0 aromatic carbocycles. The fraction of sp³-hybridized carbons (Fsp3) is 0.286. The summed E-state index contributed by atoms with van der Waals surface area (Å²) in [5.74, 6) is 0.735. The molecule has 1 atom stereocenters. The van der Waals surface area contributed by atoms with Crippen LogP contribution in [0.2, 0.25) is 0 Å². The van der Waals surface area contributed by atoms with Crippen molar-refractivity contribution in [1.82, 2.24) is 10.3 Å². The number of carbonyl (C=O) groups is 1. The smallest absolute Gasteiger partial charge is 0.270 e. The maximum Gasteiger partial charge on any atom is 0.270 e. The summed E-state index contributed by atoms with van der Waals surface area (Å²) in [5.41, 5.74) is 6.44. The molecule has 19 heavy (non-hydrogen) atoms. The number of rotatable bonds is 5. The highest BCUT2D eigenvalue weighted by Crippen LogP contribution is 2.07. The zero-order valence-corrected chi connectivity index (χ0v) is 10.8. The van der Waals surface area contributed by atoms with Crippen molar-refractivity contribution in [1.29, 1.82) is 0 Å². The number of aromatic nitrogens is 1. The van der Waals surface area contributed by atoms with Crippen molar-refractivity contribution >= 4 is 11.6 Å². The van der Waals surface area contributed by atoms with E-state index in [0.29, 0.717) is 11.4 Å². The van der Waals surface area contributed by atoms with Gasteiger partial charge in [-0.25, -0.2) is 4.98 Å². The number of furan rings is 1. The molecule has 1 amide bonds. The van der Waals surface area contributed by atoms with E-state index in [-0.39, 0.29) is 11.9 Å². The molecule has 0 aliphatic rings. The molecule has 0 fully saturated rings. The van der Waals surface area contributed by atoms with Crippen molar-refractivity contribution in [3.05, 3.63) is 48.2 Å². The molecule has 0 radical (unpaired) electrons. The van der Waals surface area contributed by atoms with Crippen LogP contribution < -0.4 is 11.1 Å². The number of aryl methyl sites for hydroxylation is 1. The Hall–Kier alpha value is -2.30. The van der Waals surface area contributed by atoms with E-state index in [0.717, 1.165) is 18.6 Å². The molecule has 5 heteroatoms. The SMILES string of the molecule is CC(CCc1ccco1)NC(=O)c1ccc(N)cn1. The Balaban J connectivity index is 1.83. The minimum Gasteiger partial charge on any atom is -0.469 e. The maximum atomic E-state index is 11.9. The van der Waals surface area contributed by atoms with Crippen molar-refractivity contribution in [3.63, 3.8) is 0 Å². The van der Waals surface area contributed by atoms with Gasteiger partial charge in [-0.3, -0.25) is 4.79 Å². The third-order valence-electron chi connectivity index (χ3n) is 2.80. The van der Waals surface area contributed by atoms with Crippen molar-refractivity contribution in [2.45, 2.75) is 25.8 Å². The van der Waals surface area contributed by atoms with Gasteiger partial charge in [-0.05, 0) is 37.6 Å². The number of anilines is 1. The molecule has 2 aromatic rings. The average Bonchev–Trinajstić information content (AvgIpc) is 2.90. The minimum absolute atomic E-state index is 0.0527. The Kier molecular flexibility index (Phi) is 4.18. The largest absolute Gasteiger partial charge is 0.469 e. The molecule has 0 saturated heterocycles. The van der Waals surface area contributed by atoms with E-state index in [1.165, 1.54) is 6.20 Å². The summed E-state index contributed by atoms with van der Waals surface area (Å²) >= 11 is 0. The van der Waals surface area contributed by atoms with E-state index in [9.17, 15) is 4.79 Å². The number of carbonyl (C=O) groups excluding carboxylic acids is 1. The molecule has 2 heterocycles. The van der Waals surface area contributed by atoms with Gasteiger partial charge in [-0.2, -0.15) is 0 Å². The Bertz CT molecular complexity index is 520. The van der Waals surface area contributed by atoms with Crippen molar-refractivity contribution in [2.75, 3.05) is 5.73 Å². The minimum atomic E-state index is -0.188. The summed E-state index contributed by atoms with van der Waals surface area (Å²) in [5, 5.41) is 2.89. The fourth-order valence-corrected chi connectivity index (χ4v) is 1.72. The van der Waals surface area contributed by atoms with E-state index in [2.05, 4.69) is 10.3 Å². The Morgan fingerprint density at radius 3 is 2.95 bits per heavy atom. The lowest BCUT2D eigenvalue weighted by Gasteiger charge is -2.12. The topological polar surface area (TPSA) is 81.2 Å². The number of hydrogen-bond donors (Lipinski definition) is 2. The quantitative estimate of drug-likeness (QED) is 0.860. The lowest BCUT2D eigenvalue weighted by Crippen LogP contribution is -2.33. The third-order valence-corrected chi connectivity index (χ3v) is 2.80. The standard InChI is InChI=1S/C14H17N3O2/c1-10(4-6-12-3-2-8-19-12)17-14(18)13-7-5-11(15)9-16-13/h2-3,5,7-10H,4,6,15H2,1H3,(H,17,18). The maximum absolute atomic E-state index is 11.9. The summed E-state index contributed by atoms with van der Waals surface area (Å²) in [6, 6.07) is 7.11. The second-order valence-corrected chi connectivity index (χ2v) is 4.47. The van der Waals surface area contributed by atoms with E-state index < -0.39 is 0 Å². The third kappa shape index (κ3) is 3.84. The van der Waals surface area contributed by atoms with Crippen LogP contribution in [-0.2, 0) is 6.42 Å². The molecule has 1 unspecified atom stereocenters. The first-order valence-electron chi connectivity index (χ1n) is 6.20. The van der Waals surface area contributed by atoms with Gasteiger partial charge in [0.1, 0.15) is 11.5 Å². The first kappa shape index (κ1) is 13.1. The molecule has 0 bridgehead atoms. The number of amides is 1. The van der Waals surface area contributed by atoms with Gasteiger partial charge in [0.25, 0.3) is 5.91 Å². The first-order chi connectivity index (χ1) is 9.15. The van der Waals surface area contributed by atoms with E-state index in [1.807, 2.05) is 19.1 Å². The molecular formula is C14H17N3O2. The summed E-state index contributed by atoms with van der Waals surface area (Å²) in [6.07, 6.45) is 4.73. The van der Waals surface area contributed by atoms with Crippen LogP contribution in [0, 0.1) is 0 Å². The monoisotopic (exact) mass is 259 g/mol. The van der Waals surface area contributed by atoms with Crippen LogP contribution in [-0.4, -0.2) is 16.9 Å².